The number of hydrogen-bond acceptors (Lipinski definition) is 3. The lowest BCUT2D eigenvalue weighted by Gasteiger charge is -2.19. The van der Waals surface area contributed by atoms with Crippen molar-refractivity contribution in [2.24, 2.45) is 0 Å². The van der Waals surface area contributed by atoms with Gasteiger partial charge >= 0.3 is 0 Å². The van der Waals surface area contributed by atoms with Crippen LogP contribution in [0.4, 0.5) is 0 Å². The van der Waals surface area contributed by atoms with E-state index in [0.29, 0.717) is 11.8 Å². The molecule has 0 saturated carbocycles. The van der Waals surface area contributed by atoms with E-state index in [2.05, 4.69) is 61.3 Å². The van der Waals surface area contributed by atoms with E-state index in [9.17, 15) is 0 Å². The normalized spacial score (nSPS) is 12.6. The first-order chi connectivity index (χ1) is 10.7. The maximum absolute atomic E-state index is 5.89. The Balaban J connectivity index is 2.23. The van der Waals surface area contributed by atoms with Crippen molar-refractivity contribution >= 4 is 0 Å². The third kappa shape index (κ3) is 4.09. The Hall–Kier alpha value is -1.84. The van der Waals surface area contributed by atoms with Gasteiger partial charge in [0.15, 0.2) is 0 Å². The van der Waals surface area contributed by atoms with Crippen molar-refractivity contribution in [3.05, 3.63) is 41.2 Å². The summed E-state index contributed by atoms with van der Waals surface area (Å²) in [7, 11) is 0. The zero-order valence-corrected chi connectivity index (χ0v) is 14.1. The topological polar surface area (TPSA) is 50.8 Å². The SMILES string of the molecule is CCCOc1ccc(C(CC)Cc2cn[nH]n2)cc1C(C)C. The van der Waals surface area contributed by atoms with Crippen LogP contribution < -0.4 is 4.74 Å². The number of ether oxygens (including phenoxy) is 1. The molecule has 2 rings (SSSR count). The van der Waals surface area contributed by atoms with E-state index < -0.39 is 0 Å². The Bertz CT molecular complexity index is 564. The predicted octanol–water partition coefficient (Wildman–Crippen LogP) is 4.45. The van der Waals surface area contributed by atoms with E-state index in [-0.39, 0.29) is 0 Å². The van der Waals surface area contributed by atoms with E-state index in [1.165, 1.54) is 11.1 Å². The lowest BCUT2D eigenvalue weighted by molar-refractivity contribution is 0.313. The maximum Gasteiger partial charge on any atom is 0.122 e. The van der Waals surface area contributed by atoms with Crippen LogP contribution in [0.2, 0.25) is 0 Å². The zero-order valence-electron chi connectivity index (χ0n) is 14.1. The molecule has 0 fully saturated rings. The van der Waals surface area contributed by atoms with Crippen LogP contribution in [0.1, 0.15) is 69.2 Å². The molecule has 0 bridgehead atoms. The van der Waals surface area contributed by atoms with E-state index in [1.54, 1.807) is 0 Å². The second-order valence-corrected chi connectivity index (χ2v) is 6.07. The summed E-state index contributed by atoms with van der Waals surface area (Å²) in [4.78, 5) is 0. The summed E-state index contributed by atoms with van der Waals surface area (Å²) < 4.78 is 5.89. The molecule has 1 unspecified atom stereocenters. The molecule has 0 aliphatic rings. The molecular weight excluding hydrogens is 274 g/mol. The standard InChI is InChI=1S/C18H27N3O/c1-5-9-22-18-8-7-15(11-17(18)13(3)4)14(6-2)10-16-12-19-21-20-16/h7-8,11-14H,5-6,9-10H2,1-4H3,(H,19,20,21). The number of nitrogens with zero attached hydrogens (tertiary/aromatic N) is 2. The minimum absolute atomic E-state index is 0.455. The van der Waals surface area contributed by atoms with Crippen molar-refractivity contribution in [3.8, 4) is 5.75 Å². The molecular formula is C18H27N3O. The van der Waals surface area contributed by atoms with Gasteiger partial charge in [0.25, 0.3) is 0 Å². The number of rotatable bonds is 8. The van der Waals surface area contributed by atoms with E-state index in [1.807, 2.05) is 6.20 Å². The third-order valence-corrected chi connectivity index (χ3v) is 4.00. The Labute approximate surface area is 133 Å². The van der Waals surface area contributed by atoms with Crippen LogP contribution in [0.25, 0.3) is 0 Å². The highest BCUT2D eigenvalue weighted by Crippen LogP contribution is 2.32. The maximum atomic E-state index is 5.89. The van der Waals surface area contributed by atoms with Gasteiger partial charge in [0.2, 0.25) is 0 Å². The van der Waals surface area contributed by atoms with Crippen LogP contribution in [0.3, 0.4) is 0 Å². The van der Waals surface area contributed by atoms with Crippen molar-refractivity contribution in [2.75, 3.05) is 6.61 Å². The van der Waals surface area contributed by atoms with E-state index >= 15 is 0 Å². The Morgan fingerprint density at radius 1 is 1.23 bits per heavy atom. The van der Waals surface area contributed by atoms with Crippen LogP contribution in [0, 0.1) is 0 Å². The van der Waals surface area contributed by atoms with Gasteiger partial charge in [-0.3, -0.25) is 0 Å². The molecule has 4 heteroatoms. The average Bonchev–Trinajstić information content (AvgIpc) is 3.03. The Morgan fingerprint density at radius 3 is 2.64 bits per heavy atom. The van der Waals surface area contributed by atoms with Gasteiger partial charge in [-0.2, -0.15) is 15.4 Å². The second kappa shape index (κ2) is 7.97. The van der Waals surface area contributed by atoms with Gasteiger partial charge in [-0.05, 0) is 48.3 Å². The summed E-state index contributed by atoms with van der Waals surface area (Å²) in [5.41, 5.74) is 3.67. The summed E-state index contributed by atoms with van der Waals surface area (Å²) in [6, 6.07) is 6.64. The first-order valence-electron chi connectivity index (χ1n) is 8.26. The number of hydrogen-bond donors (Lipinski definition) is 1. The fraction of sp³-hybridized carbons (Fsp3) is 0.556. The molecule has 0 spiro atoms. The van der Waals surface area contributed by atoms with Crippen LogP contribution in [0.15, 0.2) is 24.4 Å². The summed E-state index contributed by atoms with van der Waals surface area (Å²) in [6.07, 6.45) is 4.84. The molecule has 1 aromatic carbocycles. The molecule has 0 amide bonds. The van der Waals surface area contributed by atoms with Gasteiger partial charge in [-0.1, -0.05) is 39.8 Å². The summed E-state index contributed by atoms with van der Waals surface area (Å²) in [5.74, 6) is 1.94. The monoisotopic (exact) mass is 301 g/mol. The minimum atomic E-state index is 0.455. The largest absolute Gasteiger partial charge is 0.493 e. The first-order valence-corrected chi connectivity index (χ1v) is 8.26. The zero-order chi connectivity index (χ0) is 15.9. The highest BCUT2D eigenvalue weighted by Gasteiger charge is 2.16. The smallest absolute Gasteiger partial charge is 0.122 e. The number of aromatic nitrogens is 3. The minimum Gasteiger partial charge on any atom is -0.493 e. The molecule has 0 aliphatic heterocycles. The quantitative estimate of drug-likeness (QED) is 0.783. The van der Waals surface area contributed by atoms with Gasteiger partial charge in [0.1, 0.15) is 5.75 Å². The first kappa shape index (κ1) is 16.5. The molecule has 4 nitrogen and oxygen atoms in total. The number of H-pyrrole nitrogens is 1. The third-order valence-electron chi connectivity index (χ3n) is 4.00. The Kier molecular flexibility index (Phi) is 5.99. The highest BCUT2D eigenvalue weighted by molar-refractivity contribution is 5.40. The molecule has 120 valence electrons. The van der Waals surface area contributed by atoms with Crippen molar-refractivity contribution in [2.45, 2.75) is 58.8 Å². The van der Waals surface area contributed by atoms with Crippen LogP contribution in [0.5, 0.6) is 5.75 Å². The Morgan fingerprint density at radius 2 is 2.05 bits per heavy atom. The fourth-order valence-electron chi connectivity index (χ4n) is 2.69. The molecule has 0 radical (unpaired) electrons. The number of benzene rings is 1. The van der Waals surface area contributed by atoms with Gasteiger partial charge in [0, 0.05) is 0 Å². The number of aromatic amines is 1. The van der Waals surface area contributed by atoms with Crippen LogP contribution >= 0.6 is 0 Å². The molecule has 1 heterocycles. The average molecular weight is 301 g/mol. The number of nitrogens with one attached hydrogen (secondary N) is 1. The van der Waals surface area contributed by atoms with Gasteiger partial charge in [0.05, 0.1) is 18.5 Å². The lowest BCUT2D eigenvalue weighted by atomic mass is 9.89. The molecule has 1 N–H and O–H groups in total. The highest BCUT2D eigenvalue weighted by atomic mass is 16.5. The predicted molar refractivity (Wildman–Crippen MR) is 89.4 cm³/mol. The molecule has 22 heavy (non-hydrogen) atoms. The van der Waals surface area contributed by atoms with Gasteiger partial charge in [-0.15, -0.1) is 0 Å². The lowest BCUT2D eigenvalue weighted by Crippen LogP contribution is -2.06. The molecule has 0 aliphatic carbocycles. The van der Waals surface area contributed by atoms with Crippen molar-refractivity contribution in [1.29, 1.82) is 0 Å². The van der Waals surface area contributed by atoms with Crippen LogP contribution in [-0.2, 0) is 6.42 Å². The van der Waals surface area contributed by atoms with E-state index in [0.717, 1.165) is 37.3 Å². The van der Waals surface area contributed by atoms with Crippen LogP contribution in [-0.4, -0.2) is 22.0 Å². The molecule has 1 aromatic heterocycles. The van der Waals surface area contributed by atoms with Gasteiger partial charge < -0.3 is 4.74 Å². The van der Waals surface area contributed by atoms with Crippen molar-refractivity contribution in [1.82, 2.24) is 15.4 Å². The molecule has 1 atom stereocenters. The molecule has 2 aromatic rings. The summed E-state index contributed by atoms with van der Waals surface area (Å²) >= 11 is 0. The van der Waals surface area contributed by atoms with E-state index in [4.69, 9.17) is 4.74 Å². The van der Waals surface area contributed by atoms with Gasteiger partial charge in [-0.25, -0.2) is 0 Å². The second-order valence-electron chi connectivity index (χ2n) is 6.07. The fourth-order valence-corrected chi connectivity index (χ4v) is 2.69. The summed E-state index contributed by atoms with van der Waals surface area (Å²) in [5, 5.41) is 10.8. The molecule has 0 saturated heterocycles. The van der Waals surface area contributed by atoms with Crippen molar-refractivity contribution < 1.29 is 4.74 Å². The van der Waals surface area contributed by atoms with Crippen molar-refractivity contribution in [3.63, 3.8) is 0 Å². The summed E-state index contributed by atoms with van der Waals surface area (Å²) in [6.45, 7) is 9.57.